The molecule has 0 amide bonds. The van der Waals surface area contributed by atoms with Crippen LogP contribution >= 0.6 is 23.4 Å². The van der Waals surface area contributed by atoms with Crippen molar-refractivity contribution < 1.29 is 4.79 Å². The quantitative estimate of drug-likeness (QED) is 0.603. The Morgan fingerprint density at radius 2 is 2.67 bits per heavy atom. The van der Waals surface area contributed by atoms with Crippen LogP contribution < -0.4 is 5.32 Å². The van der Waals surface area contributed by atoms with Gasteiger partial charge in [-0.2, -0.15) is 0 Å². The highest BCUT2D eigenvalue weighted by molar-refractivity contribution is 8.00. The molecule has 52 valence electrons. The lowest BCUT2D eigenvalue weighted by Gasteiger charge is -2.02. The van der Waals surface area contributed by atoms with E-state index in [1.54, 1.807) is 11.8 Å². The monoisotopic (exact) mass is 165 g/mol. The lowest BCUT2D eigenvalue weighted by atomic mass is 10.4. The van der Waals surface area contributed by atoms with Crippen molar-refractivity contribution >= 4 is 29.1 Å². The number of ketones is 1. The molecule has 0 spiro atoms. The molecule has 0 aromatic rings. The van der Waals surface area contributed by atoms with Gasteiger partial charge < -0.3 is 0 Å². The van der Waals surface area contributed by atoms with Crippen molar-refractivity contribution in [2.75, 3.05) is 18.2 Å². The zero-order valence-electron chi connectivity index (χ0n) is 4.89. The van der Waals surface area contributed by atoms with Crippen LogP contribution in [0.25, 0.3) is 0 Å². The molecule has 0 aromatic heterocycles. The largest absolute Gasteiger partial charge is 0.298 e. The van der Waals surface area contributed by atoms with Crippen LogP contribution in [0.5, 0.6) is 0 Å². The van der Waals surface area contributed by atoms with E-state index in [4.69, 9.17) is 11.6 Å². The predicted octanol–water partition coefficient (Wildman–Crippen LogP) is 0.457. The fraction of sp³-hybridized carbons (Fsp3) is 0.800. The minimum atomic E-state index is -0.0255. The van der Waals surface area contributed by atoms with Crippen LogP contribution in [0.15, 0.2) is 0 Å². The number of alkyl halides is 1. The summed E-state index contributed by atoms with van der Waals surface area (Å²) in [5.41, 5.74) is 0. The molecule has 1 unspecified atom stereocenters. The van der Waals surface area contributed by atoms with Crippen molar-refractivity contribution in [3.05, 3.63) is 0 Å². The second-order valence-electron chi connectivity index (χ2n) is 1.80. The first kappa shape index (κ1) is 7.38. The van der Waals surface area contributed by atoms with Crippen molar-refractivity contribution in [3.8, 4) is 0 Å². The van der Waals surface area contributed by atoms with Crippen LogP contribution in [0.2, 0.25) is 0 Å². The van der Waals surface area contributed by atoms with E-state index in [1.807, 2.05) is 0 Å². The van der Waals surface area contributed by atoms with Gasteiger partial charge in [0.05, 0.1) is 5.88 Å². The molecule has 9 heavy (non-hydrogen) atoms. The number of hydrogen-bond acceptors (Lipinski definition) is 3. The van der Waals surface area contributed by atoms with E-state index in [0.717, 1.165) is 12.3 Å². The van der Waals surface area contributed by atoms with Gasteiger partial charge in [-0.1, -0.05) is 0 Å². The van der Waals surface area contributed by atoms with Crippen molar-refractivity contribution in [3.63, 3.8) is 0 Å². The first-order chi connectivity index (χ1) is 4.34. The van der Waals surface area contributed by atoms with Crippen molar-refractivity contribution in [2.45, 2.75) is 5.37 Å². The number of carbonyl (C=O) groups is 1. The van der Waals surface area contributed by atoms with Gasteiger partial charge in [-0.05, 0) is 0 Å². The average molecular weight is 166 g/mol. The zero-order chi connectivity index (χ0) is 6.69. The van der Waals surface area contributed by atoms with Crippen molar-refractivity contribution in [2.24, 2.45) is 0 Å². The normalized spacial score (nSPS) is 26.6. The maximum Gasteiger partial charge on any atom is 0.174 e. The van der Waals surface area contributed by atoms with Crippen LogP contribution in [-0.4, -0.2) is 29.3 Å². The van der Waals surface area contributed by atoms with Crippen LogP contribution in [0, 0.1) is 0 Å². The number of rotatable bonds is 2. The maximum atomic E-state index is 10.8. The highest BCUT2D eigenvalue weighted by Gasteiger charge is 2.20. The SMILES string of the molecule is O=C(CCl)C1NCCS1. The maximum absolute atomic E-state index is 10.8. The van der Waals surface area contributed by atoms with E-state index >= 15 is 0 Å². The fourth-order valence-corrected chi connectivity index (χ4v) is 1.92. The molecule has 1 rings (SSSR count). The first-order valence-electron chi connectivity index (χ1n) is 2.78. The molecule has 1 heterocycles. The summed E-state index contributed by atoms with van der Waals surface area (Å²) in [6.07, 6.45) is 0. The zero-order valence-corrected chi connectivity index (χ0v) is 6.47. The van der Waals surface area contributed by atoms with Gasteiger partial charge in [0.25, 0.3) is 0 Å². The molecule has 0 saturated carbocycles. The van der Waals surface area contributed by atoms with Gasteiger partial charge in [0, 0.05) is 12.3 Å². The Morgan fingerprint density at radius 1 is 1.89 bits per heavy atom. The lowest BCUT2D eigenvalue weighted by molar-refractivity contribution is -0.116. The van der Waals surface area contributed by atoms with Crippen molar-refractivity contribution in [1.82, 2.24) is 5.32 Å². The third kappa shape index (κ3) is 1.85. The Bertz CT molecular complexity index is 114. The third-order valence-electron chi connectivity index (χ3n) is 1.14. The Labute approximate surface area is 63.3 Å². The number of hydrogen-bond donors (Lipinski definition) is 1. The van der Waals surface area contributed by atoms with Gasteiger partial charge in [-0.3, -0.25) is 10.1 Å². The Balaban J connectivity index is 2.32. The molecule has 1 saturated heterocycles. The Morgan fingerprint density at radius 3 is 3.11 bits per heavy atom. The molecular weight excluding hydrogens is 158 g/mol. The van der Waals surface area contributed by atoms with Crippen LogP contribution in [-0.2, 0) is 4.79 Å². The van der Waals surface area contributed by atoms with E-state index < -0.39 is 0 Å². The topological polar surface area (TPSA) is 29.1 Å². The van der Waals surface area contributed by atoms with E-state index in [9.17, 15) is 4.79 Å². The third-order valence-corrected chi connectivity index (χ3v) is 2.61. The average Bonchev–Trinajstić information content (AvgIpc) is 2.37. The van der Waals surface area contributed by atoms with Crippen LogP contribution in [0.3, 0.4) is 0 Å². The molecule has 0 bridgehead atoms. The number of thioether (sulfide) groups is 1. The van der Waals surface area contributed by atoms with Gasteiger partial charge in [0.2, 0.25) is 0 Å². The summed E-state index contributed by atoms with van der Waals surface area (Å²) in [4.78, 5) is 10.8. The van der Waals surface area contributed by atoms with E-state index in [2.05, 4.69) is 5.32 Å². The van der Waals surface area contributed by atoms with Gasteiger partial charge in [0.15, 0.2) is 5.78 Å². The van der Waals surface area contributed by atoms with Crippen LogP contribution in [0.4, 0.5) is 0 Å². The second-order valence-corrected chi connectivity index (χ2v) is 3.29. The summed E-state index contributed by atoms with van der Waals surface area (Å²) in [5.74, 6) is 1.25. The van der Waals surface area contributed by atoms with E-state index in [1.165, 1.54) is 0 Å². The van der Waals surface area contributed by atoms with Gasteiger partial charge in [0.1, 0.15) is 5.37 Å². The van der Waals surface area contributed by atoms with Crippen LogP contribution in [0.1, 0.15) is 0 Å². The second kappa shape index (κ2) is 3.44. The molecular formula is C5H8ClNOS. The summed E-state index contributed by atoms with van der Waals surface area (Å²) in [5, 5.41) is 3.01. The fourth-order valence-electron chi connectivity index (χ4n) is 0.703. The first-order valence-corrected chi connectivity index (χ1v) is 4.36. The Hall–Kier alpha value is 0.270. The number of Topliss-reactive ketones (excluding diaryl/α,β-unsaturated/α-hetero) is 1. The molecule has 0 aromatic carbocycles. The van der Waals surface area contributed by atoms with Gasteiger partial charge >= 0.3 is 0 Å². The summed E-state index contributed by atoms with van der Waals surface area (Å²) in [6.45, 7) is 0.929. The molecule has 1 fully saturated rings. The van der Waals surface area contributed by atoms with Gasteiger partial charge in [-0.25, -0.2) is 0 Å². The summed E-state index contributed by atoms with van der Waals surface area (Å²) in [7, 11) is 0. The highest BCUT2D eigenvalue weighted by atomic mass is 35.5. The molecule has 0 radical (unpaired) electrons. The Kier molecular flexibility index (Phi) is 2.82. The molecule has 0 aliphatic carbocycles. The predicted molar refractivity (Wildman–Crippen MR) is 40.0 cm³/mol. The smallest absolute Gasteiger partial charge is 0.174 e. The summed E-state index contributed by atoms with van der Waals surface area (Å²) >= 11 is 6.96. The molecule has 1 N–H and O–H groups in total. The molecule has 4 heteroatoms. The summed E-state index contributed by atoms with van der Waals surface area (Å²) in [6, 6.07) is 0. The lowest BCUT2D eigenvalue weighted by Crippen LogP contribution is -2.29. The number of halogens is 1. The minimum Gasteiger partial charge on any atom is -0.298 e. The molecule has 2 nitrogen and oxygen atoms in total. The standard InChI is InChI=1S/C5H8ClNOS/c6-3-4(8)5-7-1-2-9-5/h5,7H,1-3H2. The van der Waals surface area contributed by atoms with E-state index in [-0.39, 0.29) is 17.0 Å². The molecule has 1 aliphatic heterocycles. The number of nitrogens with one attached hydrogen (secondary N) is 1. The van der Waals surface area contributed by atoms with Gasteiger partial charge in [-0.15, -0.1) is 23.4 Å². The molecule has 1 aliphatic rings. The van der Waals surface area contributed by atoms with E-state index in [0.29, 0.717) is 0 Å². The van der Waals surface area contributed by atoms with Crippen molar-refractivity contribution in [1.29, 1.82) is 0 Å². The number of carbonyl (C=O) groups excluding carboxylic acids is 1. The highest BCUT2D eigenvalue weighted by Crippen LogP contribution is 2.14. The molecule has 1 atom stereocenters. The minimum absolute atomic E-state index is 0.0255. The summed E-state index contributed by atoms with van der Waals surface area (Å²) < 4.78 is 0.